The SMILES string of the molecule is CCN(C(=O)c1cccc(C)c1Br)C1CC2CCC(C1)N2. The minimum absolute atomic E-state index is 0.166. The van der Waals surface area contributed by atoms with Gasteiger partial charge in [-0.25, -0.2) is 0 Å². The summed E-state index contributed by atoms with van der Waals surface area (Å²) in [6.07, 6.45) is 4.72. The molecule has 1 aromatic carbocycles. The summed E-state index contributed by atoms with van der Waals surface area (Å²) < 4.78 is 0.936. The molecule has 1 amide bonds. The van der Waals surface area contributed by atoms with Gasteiger partial charge in [0.2, 0.25) is 0 Å². The molecule has 2 saturated heterocycles. The second kappa shape index (κ2) is 6.09. The molecule has 0 saturated carbocycles. The number of rotatable bonds is 3. The first-order chi connectivity index (χ1) is 10.1. The van der Waals surface area contributed by atoms with E-state index in [4.69, 9.17) is 0 Å². The predicted molar refractivity (Wildman–Crippen MR) is 88.6 cm³/mol. The van der Waals surface area contributed by atoms with Gasteiger partial charge in [0.1, 0.15) is 0 Å². The van der Waals surface area contributed by atoms with Crippen LogP contribution in [-0.4, -0.2) is 35.5 Å². The quantitative estimate of drug-likeness (QED) is 0.904. The van der Waals surface area contributed by atoms with Crippen molar-refractivity contribution in [3.63, 3.8) is 0 Å². The van der Waals surface area contributed by atoms with Gasteiger partial charge in [-0.3, -0.25) is 4.79 Å². The van der Waals surface area contributed by atoms with Crippen LogP contribution in [0.25, 0.3) is 0 Å². The normalized spacial score (nSPS) is 27.7. The van der Waals surface area contributed by atoms with Gasteiger partial charge in [-0.2, -0.15) is 0 Å². The minimum atomic E-state index is 0.166. The molecule has 2 unspecified atom stereocenters. The first-order valence-corrected chi connectivity index (χ1v) is 8.71. The number of piperidine rings is 1. The summed E-state index contributed by atoms with van der Waals surface area (Å²) in [7, 11) is 0. The van der Waals surface area contributed by atoms with Crippen LogP contribution in [0.2, 0.25) is 0 Å². The van der Waals surface area contributed by atoms with Crippen molar-refractivity contribution in [3.05, 3.63) is 33.8 Å². The van der Waals surface area contributed by atoms with Crippen molar-refractivity contribution in [2.24, 2.45) is 0 Å². The van der Waals surface area contributed by atoms with Crippen LogP contribution in [0.3, 0.4) is 0 Å². The molecular formula is C17H23BrN2O. The Labute approximate surface area is 135 Å². The Bertz CT molecular complexity index is 534. The van der Waals surface area contributed by atoms with Crippen LogP contribution in [0.15, 0.2) is 22.7 Å². The van der Waals surface area contributed by atoms with Crippen LogP contribution in [0.4, 0.5) is 0 Å². The third-order valence-electron chi connectivity index (χ3n) is 4.91. The fourth-order valence-electron chi connectivity index (χ4n) is 3.82. The summed E-state index contributed by atoms with van der Waals surface area (Å²) in [6.45, 7) is 4.90. The Morgan fingerprint density at radius 2 is 2.00 bits per heavy atom. The Balaban J connectivity index is 1.82. The lowest BCUT2D eigenvalue weighted by Crippen LogP contribution is -2.50. The molecule has 2 bridgehead atoms. The topological polar surface area (TPSA) is 32.3 Å². The zero-order valence-corrected chi connectivity index (χ0v) is 14.3. The average Bonchev–Trinajstić information content (AvgIpc) is 2.81. The van der Waals surface area contributed by atoms with Crippen LogP contribution < -0.4 is 5.32 Å². The smallest absolute Gasteiger partial charge is 0.255 e. The second-order valence-corrected chi connectivity index (χ2v) is 7.08. The number of nitrogens with one attached hydrogen (secondary N) is 1. The van der Waals surface area contributed by atoms with Crippen LogP contribution >= 0.6 is 15.9 Å². The number of carbonyl (C=O) groups is 1. The summed E-state index contributed by atoms with van der Waals surface area (Å²) in [5.74, 6) is 0.166. The average molecular weight is 351 g/mol. The lowest BCUT2D eigenvalue weighted by molar-refractivity contribution is 0.0630. The molecule has 0 aliphatic carbocycles. The molecule has 0 spiro atoms. The Morgan fingerprint density at radius 3 is 2.62 bits per heavy atom. The number of hydrogen-bond donors (Lipinski definition) is 1. The molecule has 2 heterocycles. The number of carbonyl (C=O) groups excluding carboxylic acids is 1. The first-order valence-electron chi connectivity index (χ1n) is 7.92. The van der Waals surface area contributed by atoms with Crippen molar-refractivity contribution in [2.45, 2.75) is 57.7 Å². The molecule has 2 atom stereocenters. The van der Waals surface area contributed by atoms with Crippen molar-refractivity contribution >= 4 is 21.8 Å². The maximum atomic E-state index is 13.0. The highest BCUT2D eigenvalue weighted by atomic mass is 79.9. The Hall–Kier alpha value is -0.870. The van der Waals surface area contributed by atoms with E-state index < -0.39 is 0 Å². The van der Waals surface area contributed by atoms with E-state index in [1.807, 2.05) is 25.1 Å². The first kappa shape index (κ1) is 15.0. The van der Waals surface area contributed by atoms with E-state index in [9.17, 15) is 4.79 Å². The van der Waals surface area contributed by atoms with Gasteiger partial charge in [0.05, 0.1) is 5.56 Å². The Morgan fingerprint density at radius 1 is 1.33 bits per heavy atom. The maximum Gasteiger partial charge on any atom is 0.255 e. The summed E-state index contributed by atoms with van der Waals surface area (Å²) >= 11 is 3.58. The van der Waals surface area contributed by atoms with Crippen molar-refractivity contribution in [1.29, 1.82) is 0 Å². The van der Waals surface area contributed by atoms with Gasteiger partial charge < -0.3 is 10.2 Å². The largest absolute Gasteiger partial charge is 0.336 e. The molecule has 4 heteroatoms. The molecular weight excluding hydrogens is 328 g/mol. The fourth-order valence-corrected chi connectivity index (χ4v) is 4.25. The number of benzene rings is 1. The highest BCUT2D eigenvalue weighted by Gasteiger charge is 2.37. The number of fused-ring (bicyclic) bond motifs is 2. The molecule has 21 heavy (non-hydrogen) atoms. The van der Waals surface area contributed by atoms with Gasteiger partial charge in [0.25, 0.3) is 5.91 Å². The van der Waals surface area contributed by atoms with Gasteiger partial charge in [-0.15, -0.1) is 0 Å². The van der Waals surface area contributed by atoms with Crippen molar-refractivity contribution in [2.75, 3.05) is 6.54 Å². The number of amides is 1. The van der Waals surface area contributed by atoms with E-state index in [0.717, 1.165) is 35.0 Å². The van der Waals surface area contributed by atoms with Crippen LogP contribution in [0.1, 0.15) is 48.5 Å². The lowest BCUT2D eigenvalue weighted by Gasteiger charge is -2.37. The monoisotopic (exact) mass is 350 g/mol. The predicted octanol–water partition coefficient (Wildman–Crippen LogP) is 3.50. The van der Waals surface area contributed by atoms with E-state index in [0.29, 0.717) is 18.1 Å². The molecule has 2 aliphatic rings. The number of halogens is 1. The zero-order valence-electron chi connectivity index (χ0n) is 12.7. The van der Waals surface area contributed by atoms with Gasteiger partial charge in [-0.1, -0.05) is 12.1 Å². The third kappa shape index (κ3) is 2.88. The summed E-state index contributed by atoms with van der Waals surface area (Å²) in [6, 6.07) is 7.52. The van der Waals surface area contributed by atoms with Crippen molar-refractivity contribution in [3.8, 4) is 0 Å². The van der Waals surface area contributed by atoms with Crippen LogP contribution in [0.5, 0.6) is 0 Å². The summed E-state index contributed by atoms with van der Waals surface area (Å²) in [5, 5.41) is 3.65. The minimum Gasteiger partial charge on any atom is -0.336 e. The summed E-state index contributed by atoms with van der Waals surface area (Å²) in [5.41, 5.74) is 1.91. The Kier molecular flexibility index (Phi) is 4.36. The van der Waals surface area contributed by atoms with Gasteiger partial charge in [-0.05, 0) is 67.1 Å². The van der Waals surface area contributed by atoms with Crippen molar-refractivity contribution in [1.82, 2.24) is 10.2 Å². The van der Waals surface area contributed by atoms with Gasteiger partial charge in [0, 0.05) is 29.1 Å². The second-order valence-electron chi connectivity index (χ2n) is 6.29. The summed E-state index contributed by atoms with van der Waals surface area (Å²) in [4.78, 5) is 15.0. The van der Waals surface area contributed by atoms with E-state index in [1.54, 1.807) is 0 Å². The molecule has 3 nitrogen and oxygen atoms in total. The molecule has 1 aromatic rings. The van der Waals surface area contributed by atoms with Gasteiger partial charge >= 0.3 is 0 Å². The highest BCUT2D eigenvalue weighted by molar-refractivity contribution is 9.10. The molecule has 0 aromatic heterocycles. The van der Waals surface area contributed by atoms with E-state index in [2.05, 4.69) is 33.1 Å². The van der Waals surface area contributed by atoms with Crippen LogP contribution in [-0.2, 0) is 0 Å². The number of aryl methyl sites for hydroxylation is 1. The van der Waals surface area contributed by atoms with E-state index >= 15 is 0 Å². The van der Waals surface area contributed by atoms with E-state index in [1.165, 1.54) is 12.8 Å². The highest BCUT2D eigenvalue weighted by Crippen LogP contribution is 2.31. The van der Waals surface area contributed by atoms with E-state index in [-0.39, 0.29) is 5.91 Å². The zero-order chi connectivity index (χ0) is 15.0. The van der Waals surface area contributed by atoms with Crippen LogP contribution in [0, 0.1) is 6.92 Å². The maximum absolute atomic E-state index is 13.0. The molecule has 114 valence electrons. The van der Waals surface area contributed by atoms with Gasteiger partial charge in [0.15, 0.2) is 0 Å². The standard InChI is InChI=1S/C17H23BrN2O/c1-3-20(14-9-12-7-8-13(10-14)19-12)17(21)15-6-4-5-11(2)16(15)18/h4-6,12-14,19H,3,7-10H2,1-2H3. The number of nitrogens with zero attached hydrogens (tertiary/aromatic N) is 1. The fraction of sp³-hybridized carbons (Fsp3) is 0.588. The molecule has 2 aliphatic heterocycles. The molecule has 1 N–H and O–H groups in total. The molecule has 0 radical (unpaired) electrons. The molecule has 2 fully saturated rings. The lowest BCUT2D eigenvalue weighted by atomic mass is 9.97. The molecule has 3 rings (SSSR count). The number of hydrogen-bond acceptors (Lipinski definition) is 2. The third-order valence-corrected chi connectivity index (χ3v) is 5.97. The van der Waals surface area contributed by atoms with Crippen molar-refractivity contribution < 1.29 is 4.79 Å².